The summed E-state index contributed by atoms with van der Waals surface area (Å²) in [5.41, 5.74) is 0. The van der Waals surface area contributed by atoms with Gasteiger partial charge in [0.2, 0.25) is 0 Å². The quantitative estimate of drug-likeness (QED) is 0.477. The van der Waals surface area contributed by atoms with Crippen LogP contribution >= 0.6 is 0 Å². The molecule has 3 nitrogen and oxygen atoms in total. The topological polar surface area (TPSA) is 52.5 Å². The predicted octanol–water partition coefficient (Wildman–Crippen LogP) is -0.662. The van der Waals surface area contributed by atoms with Crippen LogP contribution in [0.3, 0.4) is 0 Å². The van der Waals surface area contributed by atoms with Crippen LogP contribution in [0.2, 0.25) is 0 Å². The van der Waals surface area contributed by atoms with Crippen molar-refractivity contribution in [2.24, 2.45) is 0 Å². The average molecular weight is 133 g/mol. The largest absolute Gasteiger partial charge is 0.395 e. The maximum Gasteiger partial charge on any atom is 0.0687 e. The monoisotopic (exact) mass is 133 g/mol. The van der Waals surface area contributed by atoms with Crippen molar-refractivity contribution in [2.45, 2.75) is 26.0 Å². The molecule has 3 N–H and O–H groups in total. The molecular formula is C6H15NO2. The van der Waals surface area contributed by atoms with Crippen LogP contribution in [0.15, 0.2) is 0 Å². The molecule has 9 heavy (non-hydrogen) atoms. The molecule has 3 heteroatoms. The summed E-state index contributed by atoms with van der Waals surface area (Å²) in [5, 5.41) is 20.5. The third kappa shape index (κ3) is 3.46. The molecule has 0 rings (SSSR count). The lowest BCUT2D eigenvalue weighted by Gasteiger charge is -2.17. The summed E-state index contributed by atoms with van der Waals surface area (Å²) in [5.74, 6) is 0. The van der Waals surface area contributed by atoms with Gasteiger partial charge in [-0.25, -0.2) is 0 Å². The second-order valence-electron chi connectivity index (χ2n) is 2.09. The zero-order chi connectivity index (χ0) is 7.28. The maximum atomic E-state index is 8.92. The lowest BCUT2D eigenvalue weighted by atomic mass is 10.2. The van der Waals surface area contributed by atoms with E-state index < -0.39 is 6.10 Å². The van der Waals surface area contributed by atoms with Crippen molar-refractivity contribution < 1.29 is 10.2 Å². The van der Waals surface area contributed by atoms with E-state index in [9.17, 15) is 0 Å². The Morgan fingerprint density at radius 2 is 2.11 bits per heavy atom. The standard InChI is InChI=1S/C6H15NO2/c1-3-7-6(4-8)5(2)9/h5-9H,3-4H2,1-2H3. The van der Waals surface area contributed by atoms with Gasteiger partial charge < -0.3 is 15.5 Å². The minimum atomic E-state index is -0.477. The van der Waals surface area contributed by atoms with E-state index in [1.165, 1.54) is 0 Å². The fourth-order valence-corrected chi connectivity index (χ4v) is 0.650. The smallest absolute Gasteiger partial charge is 0.0687 e. The van der Waals surface area contributed by atoms with E-state index in [1.54, 1.807) is 6.92 Å². The first-order chi connectivity index (χ1) is 4.22. The van der Waals surface area contributed by atoms with E-state index in [-0.39, 0.29) is 12.6 Å². The van der Waals surface area contributed by atoms with Gasteiger partial charge in [0.05, 0.1) is 18.8 Å². The Labute approximate surface area is 55.7 Å². The highest BCUT2D eigenvalue weighted by atomic mass is 16.3. The van der Waals surface area contributed by atoms with Crippen molar-refractivity contribution in [3.8, 4) is 0 Å². The Morgan fingerprint density at radius 1 is 1.56 bits per heavy atom. The van der Waals surface area contributed by atoms with E-state index in [0.717, 1.165) is 6.54 Å². The Morgan fingerprint density at radius 3 is 2.22 bits per heavy atom. The number of aliphatic hydroxyl groups excluding tert-OH is 2. The molecule has 0 amide bonds. The second kappa shape index (κ2) is 4.73. The normalized spacial score (nSPS) is 17.3. The molecule has 0 aliphatic heterocycles. The Bertz CT molecular complexity index is 66.1. The molecule has 0 saturated heterocycles. The zero-order valence-corrected chi connectivity index (χ0v) is 5.96. The summed E-state index contributed by atoms with van der Waals surface area (Å²) in [6.45, 7) is 4.36. The lowest BCUT2D eigenvalue weighted by Crippen LogP contribution is -2.40. The second-order valence-corrected chi connectivity index (χ2v) is 2.09. The van der Waals surface area contributed by atoms with Gasteiger partial charge in [0, 0.05) is 0 Å². The van der Waals surface area contributed by atoms with Gasteiger partial charge in [-0.2, -0.15) is 0 Å². The van der Waals surface area contributed by atoms with Crippen LogP contribution in [0.4, 0.5) is 0 Å². The lowest BCUT2D eigenvalue weighted by molar-refractivity contribution is 0.105. The molecule has 56 valence electrons. The number of rotatable bonds is 4. The van der Waals surface area contributed by atoms with Gasteiger partial charge in [0.1, 0.15) is 0 Å². The number of likely N-dealkylation sites (N-methyl/N-ethyl adjacent to an activating group) is 1. The molecule has 2 unspecified atom stereocenters. The molecule has 0 radical (unpaired) electrons. The van der Waals surface area contributed by atoms with Crippen molar-refractivity contribution in [1.29, 1.82) is 0 Å². The van der Waals surface area contributed by atoms with Gasteiger partial charge >= 0.3 is 0 Å². The average Bonchev–Trinajstić information content (AvgIpc) is 1.82. The molecule has 0 bridgehead atoms. The van der Waals surface area contributed by atoms with Gasteiger partial charge in [0.15, 0.2) is 0 Å². The highest BCUT2D eigenvalue weighted by molar-refractivity contribution is 4.69. The summed E-state index contributed by atoms with van der Waals surface area (Å²) < 4.78 is 0. The Kier molecular flexibility index (Phi) is 4.67. The van der Waals surface area contributed by atoms with Crippen LogP contribution in [0.1, 0.15) is 13.8 Å². The van der Waals surface area contributed by atoms with Crippen molar-refractivity contribution in [1.82, 2.24) is 5.32 Å². The summed E-state index contributed by atoms with van der Waals surface area (Å²) in [6.07, 6.45) is -0.477. The highest BCUT2D eigenvalue weighted by Gasteiger charge is 2.10. The summed E-state index contributed by atoms with van der Waals surface area (Å²) in [4.78, 5) is 0. The number of nitrogens with one attached hydrogen (secondary N) is 1. The molecule has 2 atom stereocenters. The number of aliphatic hydroxyl groups is 2. The van der Waals surface area contributed by atoms with Crippen molar-refractivity contribution >= 4 is 0 Å². The third-order valence-electron chi connectivity index (χ3n) is 1.25. The molecule has 0 fully saturated rings. The van der Waals surface area contributed by atoms with Crippen LogP contribution in [0, 0.1) is 0 Å². The molecule has 0 aliphatic carbocycles. The van der Waals surface area contributed by atoms with Gasteiger partial charge in [0.25, 0.3) is 0 Å². The summed E-state index contributed by atoms with van der Waals surface area (Å²) >= 11 is 0. The van der Waals surface area contributed by atoms with Crippen LogP contribution in [0.25, 0.3) is 0 Å². The van der Waals surface area contributed by atoms with E-state index in [2.05, 4.69) is 5.32 Å². The molecular weight excluding hydrogens is 118 g/mol. The SMILES string of the molecule is CCNC(CO)C(C)O. The third-order valence-corrected chi connectivity index (χ3v) is 1.25. The first kappa shape index (κ1) is 8.88. The maximum absolute atomic E-state index is 8.92. The molecule has 0 heterocycles. The van der Waals surface area contributed by atoms with Crippen LogP contribution in [-0.4, -0.2) is 35.5 Å². The van der Waals surface area contributed by atoms with Gasteiger partial charge in [-0.05, 0) is 13.5 Å². The van der Waals surface area contributed by atoms with Gasteiger partial charge in [-0.3, -0.25) is 0 Å². The van der Waals surface area contributed by atoms with Gasteiger partial charge in [-0.1, -0.05) is 6.92 Å². The molecule has 0 aromatic rings. The minimum Gasteiger partial charge on any atom is -0.395 e. The van der Waals surface area contributed by atoms with Crippen molar-refractivity contribution in [3.05, 3.63) is 0 Å². The predicted molar refractivity (Wildman–Crippen MR) is 36.2 cm³/mol. The van der Waals surface area contributed by atoms with Crippen LogP contribution in [0.5, 0.6) is 0 Å². The fraction of sp³-hybridized carbons (Fsp3) is 1.00. The van der Waals surface area contributed by atoms with Crippen molar-refractivity contribution in [2.75, 3.05) is 13.2 Å². The molecule has 0 aromatic heterocycles. The Balaban J connectivity index is 3.41. The van der Waals surface area contributed by atoms with E-state index in [1.807, 2.05) is 6.92 Å². The van der Waals surface area contributed by atoms with Crippen molar-refractivity contribution in [3.63, 3.8) is 0 Å². The molecule has 0 spiro atoms. The highest BCUT2D eigenvalue weighted by Crippen LogP contribution is 1.89. The minimum absolute atomic E-state index is 0.00843. The summed E-state index contributed by atoms with van der Waals surface area (Å²) in [6, 6.07) is -0.171. The van der Waals surface area contributed by atoms with E-state index in [4.69, 9.17) is 10.2 Å². The molecule has 0 aromatic carbocycles. The van der Waals surface area contributed by atoms with Crippen LogP contribution in [-0.2, 0) is 0 Å². The fourth-order valence-electron chi connectivity index (χ4n) is 0.650. The number of hydrogen-bond donors (Lipinski definition) is 3. The first-order valence-electron chi connectivity index (χ1n) is 3.24. The van der Waals surface area contributed by atoms with Gasteiger partial charge in [-0.15, -0.1) is 0 Å². The first-order valence-corrected chi connectivity index (χ1v) is 3.24. The molecule has 0 saturated carbocycles. The number of hydrogen-bond acceptors (Lipinski definition) is 3. The zero-order valence-electron chi connectivity index (χ0n) is 5.96. The Hall–Kier alpha value is -0.120. The summed E-state index contributed by atoms with van der Waals surface area (Å²) in [7, 11) is 0. The molecule has 0 aliphatic rings. The van der Waals surface area contributed by atoms with E-state index >= 15 is 0 Å². The van der Waals surface area contributed by atoms with Crippen LogP contribution < -0.4 is 5.32 Å². The van der Waals surface area contributed by atoms with E-state index in [0.29, 0.717) is 0 Å².